The average molecular weight is 367 g/mol. The highest BCUT2D eigenvalue weighted by Gasteiger charge is 2.54. The van der Waals surface area contributed by atoms with Gasteiger partial charge in [-0.3, -0.25) is 14.3 Å². The van der Waals surface area contributed by atoms with Crippen molar-refractivity contribution in [1.82, 2.24) is 0 Å². The highest BCUT2D eigenvalue weighted by Crippen LogP contribution is 2.43. The van der Waals surface area contributed by atoms with Crippen LogP contribution in [0, 0.1) is 15.9 Å². The Morgan fingerprint density at radius 1 is 1.25 bits per heavy atom. The fraction of sp³-hybridized carbons (Fsp3) is 0.600. The van der Waals surface area contributed by atoms with Crippen LogP contribution in [0.5, 0.6) is 0 Å². The molecule has 0 amide bonds. The summed E-state index contributed by atoms with van der Waals surface area (Å²) in [6.07, 6.45) is 0. The zero-order valence-electron chi connectivity index (χ0n) is 13.8. The minimum absolute atomic E-state index is 0.562. The van der Waals surface area contributed by atoms with Crippen molar-refractivity contribution in [1.29, 1.82) is 0 Å². The third-order valence-electron chi connectivity index (χ3n) is 3.86. The number of halogens is 3. The van der Waals surface area contributed by atoms with E-state index >= 15 is 0 Å². The molecule has 1 rings (SSSR count). The van der Waals surface area contributed by atoms with Gasteiger partial charge in [-0.1, -0.05) is 0 Å². The van der Waals surface area contributed by atoms with Crippen LogP contribution in [0.25, 0.3) is 0 Å². The summed E-state index contributed by atoms with van der Waals surface area (Å²) in [5.41, 5.74) is -3.59. The van der Waals surface area contributed by atoms with Crippen molar-refractivity contribution in [3.8, 4) is 0 Å². The van der Waals surface area contributed by atoms with E-state index in [2.05, 4.69) is 0 Å². The Labute approximate surface area is 140 Å². The van der Waals surface area contributed by atoms with Crippen molar-refractivity contribution in [3.05, 3.63) is 39.7 Å². The Morgan fingerprint density at radius 2 is 1.79 bits per heavy atom. The van der Waals surface area contributed by atoms with E-state index in [0.29, 0.717) is 6.07 Å². The number of nitro benzene ring substituents is 1. The molecule has 0 unspecified atom stereocenters. The Bertz CT molecular complexity index is 661. The lowest BCUT2D eigenvalue weighted by atomic mass is 9.78. The smallest absolute Gasteiger partial charge is 0.280 e. The van der Waals surface area contributed by atoms with Gasteiger partial charge in [0, 0.05) is 39.0 Å². The number of benzene rings is 1. The first-order chi connectivity index (χ1) is 10.8. The summed E-state index contributed by atoms with van der Waals surface area (Å²) >= 11 is 0. The van der Waals surface area contributed by atoms with Gasteiger partial charge in [0.05, 0.1) is 10.3 Å². The molecule has 1 N–H and O–H groups in total. The number of non-ortho nitro benzene ring substituents is 1. The highest BCUT2D eigenvalue weighted by atomic mass is 32.2. The minimum atomic E-state index is -3.83. The number of hydrogen-bond acceptors (Lipinski definition) is 4. The highest BCUT2D eigenvalue weighted by molar-refractivity contribution is 7.86. The first-order valence-electron chi connectivity index (χ1n) is 7.08. The summed E-state index contributed by atoms with van der Waals surface area (Å²) in [5, 5.41) is 19.9. The second-order valence-electron chi connectivity index (χ2n) is 6.72. The molecule has 1 aromatic carbocycles. The van der Waals surface area contributed by atoms with E-state index in [1.807, 2.05) is 0 Å². The van der Waals surface area contributed by atoms with E-state index in [1.165, 1.54) is 0 Å². The van der Waals surface area contributed by atoms with Crippen molar-refractivity contribution in [2.45, 2.75) is 43.8 Å². The molecule has 2 atom stereocenters. The van der Waals surface area contributed by atoms with Gasteiger partial charge >= 0.3 is 0 Å². The molecule has 0 aliphatic carbocycles. The monoisotopic (exact) mass is 367 g/mol. The summed E-state index contributed by atoms with van der Waals surface area (Å²) in [4.78, 5) is 10.0. The summed E-state index contributed by atoms with van der Waals surface area (Å²) in [5.74, 6) is -5.58. The van der Waals surface area contributed by atoms with Crippen LogP contribution in [-0.4, -0.2) is 37.3 Å². The molecule has 0 spiro atoms. The Morgan fingerprint density at radius 3 is 2.21 bits per heavy atom. The number of alkyl halides is 2. The number of rotatable bonds is 6. The minimum Gasteiger partial charge on any atom is -0.390 e. The van der Waals surface area contributed by atoms with E-state index in [9.17, 15) is 27.5 Å². The van der Waals surface area contributed by atoms with E-state index in [4.69, 9.17) is 5.11 Å². The fourth-order valence-electron chi connectivity index (χ4n) is 2.08. The predicted octanol–water partition coefficient (Wildman–Crippen LogP) is 3.17. The molecule has 5 nitrogen and oxygen atoms in total. The predicted molar refractivity (Wildman–Crippen MR) is 85.2 cm³/mol. The summed E-state index contributed by atoms with van der Waals surface area (Å²) in [6, 6.07) is 2.29. The zero-order valence-corrected chi connectivity index (χ0v) is 14.6. The first-order valence-corrected chi connectivity index (χ1v) is 8.40. The first kappa shape index (κ1) is 20.6. The largest absolute Gasteiger partial charge is 0.390 e. The van der Waals surface area contributed by atoms with Crippen LogP contribution in [0.15, 0.2) is 18.2 Å². The number of nitrogens with zero attached hydrogens (tertiary/aromatic N) is 1. The lowest BCUT2D eigenvalue weighted by Crippen LogP contribution is -2.51. The van der Waals surface area contributed by atoms with Gasteiger partial charge in [0.1, 0.15) is 12.4 Å². The molecule has 0 aromatic heterocycles. The van der Waals surface area contributed by atoms with Gasteiger partial charge in [0.15, 0.2) is 0 Å². The van der Waals surface area contributed by atoms with Gasteiger partial charge in [0.2, 0.25) is 0 Å². The fourth-order valence-corrected chi connectivity index (χ4v) is 3.41. The lowest BCUT2D eigenvalue weighted by molar-refractivity contribution is -0.385. The van der Waals surface area contributed by atoms with Gasteiger partial charge in [0.25, 0.3) is 11.6 Å². The Hall–Kier alpha value is -1.48. The quantitative estimate of drug-likeness (QED) is 0.619. The molecular weight excluding hydrogens is 347 g/mol. The van der Waals surface area contributed by atoms with Gasteiger partial charge in [-0.15, -0.1) is 0 Å². The molecule has 9 heteroatoms. The second-order valence-corrected chi connectivity index (χ2v) is 8.92. The molecule has 136 valence electrons. The van der Waals surface area contributed by atoms with Gasteiger partial charge < -0.3 is 5.11 Å². The van der Waals surface area contributed by atoms with Crippen LogP contribution >= 0.6 is 0 Å². The van der Waals surface area contributed by atoms with Crippen LogP contribution in [0.4, 0.5) is 18.9 Å². The van der Waals surface area contributed by atoms with Crippen LogP contribution in [0.1, 0.15) is 33.3 Å². The normalized spacial score (nSPS) is 16.5. The maximum atomic E-state index is 14.4. The van der Waals surface area contributed by atoms with E-state index < -0.39 is 61.2 Å². The molecule has 24 heavy (non-hydrogen) atoms. The molecule has 0 aliphatic rings. The lowest BCUT2D eigenvalue weighted by Gasteiger charge is -2.38. The molecule has 0 saturated heterocycles. The molecule has 0 heterocycles. The van der Waals surface area contributed by atoms with E-state index in [0.717, 1.165) is 19.1 Å². The van der Waals surface area contributed by atoms with E-state index in [1.54, 1.807) is 20.8 Å². The number of nitro groups is 1. The molecular formula is C15H20F3NO4S. The summed E-state index contributed by atoms with van der Waals surface area (Å²) < 4.78 is 54.6. The van der Waals surface area contributed by atoms with Crippen molar-refractivity contribution in [3.63, 3.8) is 0 Å². The Balaban J connectivity index is 3.58. The second kappa shape index (κ2) is 6.79. The van der Waals surface area contributed by atoms with Crippen LogP contribution < -0.4 is 0 Å². The molecule has 0 saturated carbocycles. The van der Waals surface area contributed by atoms with Gasteiger partial charge in [-0.2, -0.15) is 0 Å². The zero-order chi connectivity index (χ0) is 18.9. The standard InChI is InChI=1S/C15H20F3NO4S/c1-13(2,3)24(23)9-14(4,15(17,18)8-20)11-7-10(19(21)22)5-6-12(11)16/h5-7,20H,8-9H2,1-4H3/t14-,24+/m1/s1. The average Bonchev–Trinajstić information content (AvgIpc) is 2.45. The summed E-state index contributed by atoms with van der Waals surface area (Å²) in [7, 11) is -1.81. The molecule has 0 bridgehead atoms. The number of hydrogen-bond donors (Lipinski definition) is 1. The number of aliphatic hydroxyl groups is 1. The van der Waals surface area contributed by atoms with Gasteiger partial charge in [-0.25, -0.2) is 13.2 Å². The topological polar surface area (TPSA) is 80.4 Å². The van der Waals surface area contributed by atoms with Crippen molar-refractivity contribution in [2.24, 2.45) is 0 Å². The molecule has 0 radical (unpaired) electrons. The van der Waals surface area contributed by atoms with Crippen LogP contribution in [0.2, 0.25) is 0 Å². The third kappa shape index (κ3) is 3.94. The summed E-state index contributed by atoms with van der Waals surface area (Å²) in [6.45, 7) is 4.07. The number of aliphatic hydroxyl groups excluding tert-OH is 1. The maximum Gasteiger partial charge on any atom is 0.280 e. The molecule has 0 aliphatic heterocycles. The van der Waals surface area contributed by atoms with Crippen molar-refractivity contribution in [2.75, 3.05) is 12.4 Å². The third-order valence-corrected chi connectivity index (χ3v) is 6.07. The van der Waals surface area contributed by atoms with Gasteiger partial charge in [-0.05, 0) is 33.8 Å². The molecule has 1 aromatic rings. The van der Waals surface area contributed by atoms with Crippen LogP contribution in [-0.2, 0) is 16.2 Å². The van der Waals surface area contributed by atoms with Crippen molar-refractivity contribution < 1.29 is 27.4 Å². The van der Waals surface area contributed by atoms with Crippen LogP contribution in [0.3, 0.4) is 0 Å². The maximum absolute atomic E-state index is 14.4. The van der Waals surface area contributed by atoms with E-state index in [-0.39, 0.29) is 0 Å². The SMILES string of the molecule is CC(C)(C)[S@@](=O)C[C@](C)(c1cc([N+](=O)[O-])ccc1F)C(F)(F)CO. The molecule has 0 fully saturated rings. The Kier molecular flexibility index (Phi) is 5.82. The van der Waals surface area contributed by atoms with Crippen molar-refractivity contribution >= 4 is 16.5 Å².